The lowest BCUT2D eigenvalue weighted by Gasteiger charge is -2.48. The van der Waals surface area contributed by atoms with Crippen LogP contribution in [0, 0.1) is 5.41 Å². The molecule has 27 heavy (non-hydrogen) atoms. The largest absolute Gasteiger partial charge is 0.338 e. The molecular formula is C21H26N4O2. The number of pyridine rings is 2. The van der Waals surface area contributed by atoms with Crippen LogP contribution in [0.4, 0.5) is 0 Å². The molecule has 2 fully saturated rings. The maximum absolute atomic E-state index is 12.9. The predicted octanol–water partition coefficient (Wildman–Crippen LogP) is 2.29. The number of rotatable bonds is 3. The lowest BCUT2D eigenvalue weighted by atomic mass is 9.73. The van der Waals surface area contributed by atoms with E-state index in [1.54, 1.807) is 18.5 Å². The minimum atomic E-state index is -0.229. The predicted molar refractivity (Wildman–Crippen MR) is 103 cm³/mol. The van der Waals surface area contributed by atoms with Gasteiger partial charge in [0.1, 0.15) is 0 Å². The van der Waals surface area contributed by atoms with Gasteiger partial charge in [0.25, 0.3) is 5.91 Å². The number of hydrogen-bond donors (Lipinski definition) is 1. The molecule has 4 heterocycles. The van der Waals surface area contributed by atoms with Gasteiger partial charge in [-0.1, -0.05) is 6.07 Å². The first-order chi connectivity index (χ1) is 13.1. The van der Waals surface area contributed by atoms with Crippen molar-refractivity contribution in [3.05, 3.63) is 64.3 Å². The number of amides is 1. The van der Waals surface area contributed by atoms with Crippen molar-refractivity contribution in [2.75, 3.05) is 26.2 Å². The van der Waals surface area contributed by atoms with Gasteiger partial charge in [-0.25, -0.2) is 0 Å². The molecule has 0 saturated carbocycles. The van der Waals surface area contributed by atoms with Crippen LogP contribution in [0.1, 0.15) is 41.6 Å². The maximum atomic E-state index is 12.9. The monoisotopic (exact) mass is 366 g/mol. The Kier molecular flexibility index (Phi) is 5.07. The number of nitrogens with zero attached hydrogens (tertiary/aromatic N) is 3. The molecule has 1 spiro atoms. The second-order valence-corrected chi connectivity index (χ2v) is 7.95. The van der Waals surface area contributed by atoms with Crippen LogP contribution in [0.5, 0.6) is 0 Å². The van der Waals surface area contributed by atoms with Gasteiger partial charge in [-0.2, -0.15) is 0 Å². The van der Waals surface area contributed by atoms with E-state index in [1.807, 2.05) is 17.2 Å². The minimum absolute atomic E-state index is 0.0236. The summed E-state index contributed by atoms with van der Waals surface area (Å²) in [7, 11) is 0. The molecule has 1 unspecified atom stereocenters. The van der Waals surface area contributed by atoms with E-state index in [4.69, 9.17) is 0 Å². The van der Waals surface area contributed by atoms with Gasteiger partial charge >= 0.3 is 0 Å². The van der Waals surface area contributed by atoms with E-state index < -0.39 is 0 Å². The number of likely N-dealkylation sites (tertiary alicyclic amines) is 2. The van der Waals surface area contributed by atoms with Gasteiger partial charge in [-0.15, -0.1) is 0 Å². The van der Waals surface area contributed by atoms with E-state index in [2.05, 4.69) is 20.9 Å². The highest BCUT2D eigenvalue weighted by atomic mass is 16.2. The van der Waals surface area contributed by atoms with Crippen molar-refractivity contribution in [2.45, 2.75) is 32.2 Å². The first kappa shape index (κ1) is 17.9. The maximum Gasteiger partial charge on any atom is 0.254 e. The average Bonchev–Trinajstić information content (AvgIpc) is 2.68. The molecule has 0 bridgehead atoms. The number of piperidine rings is 2. The van der Waals surface area contributed by atoms with Crippen LogP contribution in [-0.2, 0) is 6.54 Å². The third kappa shape index (κ3) is 4.11. The highest BCUT2D eigenvalue weighted by Crippen LogP contribution is 2.39. The van der Waals surface area contributed by atoms with Crippen molar-refractivity contribution in [3.8, 4) is 0 Å². The first-order valence-corrected chi connectivity index (χ1v) is 9.73. The smallest absolute Gasteiger partial charge is 0.254 e. The van der Waals surface area contributed by atoms with E-state index in [0.29, 0.717) is 5.56 Å². The van der Waals surface area contributed by atoms with Crippen molar-refractivity contribution in [2.24, 2.45) is 5.41 Å². The molecule has 1 N–H and O–H groups in total. The molecule has 4 rings (SSSR count). The van der Waals surface area contributed by atoms with E-state index >= 15 is 0 Å². The zero-order valence-corrected chi connectivity index (χ0v) is 15.6. The van der Waals surface area contributed by atoms with Crippen LogP contribution >= 0.6 is 0 Å². The van der Waals surface area contributed by atoms with Crippen LogP contribution < -0.4 is 5.56 Å². The third-order valence-electron chi connectivity index (χ3n) is 5.84. The van der Waals surface area contributed by atoms with Crippen molar-refractivity contribution in [3.63, 3.8) is 0 Å². The lowest BCUT2D eigenvalue weighted by Crippen LogP contribution is -2.53. The Labute approximate surface area is 159 Å². The summed E-state index contributed by atoms with van der Waals surface area (Å²) in [5.41, 5.74) is 1.66. The van der Waals surface area contributed by atoms with Crippen molar-refractivity contribution in [1.82, 2.24) is 19.8 Å². The summed E-state index contributed by atoms with van der Waals surface area (Å²) in [6, 6.07) is 7.20. The number of carbonyl (C=O) groups is 1. The van der Waals surface area contributed by atoms with E-state index in [0.717, 1.165) is 58.4 Å². The summed E-state index contributed by atoms with van der Waals surface area (Å²) in [5, 5.41) is 0. The van der Waals surface area contributed by atoms with Crippen LogP contribution in [0.2, 0.25) is 0 Å². The summed E-state index contributed by atoms with van der Waals surface area (Å²) in [6.45, 7) is 4.58. The third-order valence-corrected chi connectivity index (χ3v) is 5.84. The van der Waals surface area contributed by atoms with Gasteiger partial charge in [0, 0.05) is 61.8 Å². The molecule has 2 aliphatic rings. The summed E-state index contributed by atoms with van der Waals surface area (Å²) in [4.78, 5) is 35.7. The standard InChI is InChI=1S/C21H26N4O2/c26-19-12-18(5-9-23-19)20(27)25-11-3-7-21(16-25)6-2-10-24(15-21)14-17-4-1-8-22-13-17/h1,4-5,8-9,12-13H,2-3,6-7,10-11,14-16H2,(H,23,26). The Morgan fingerprint density at radius 1 is 1.19 bits per heavy atom. The highest BCUT2D eigenvalue weighted by Gasteiger charge is 2.40. The number of nitrogens with one attached hydrogen (secondary N) is 1. The molecule has 2 aromatic heterocycles. The lowest BCUT2D eigenvalue weighted by molar-refractivity contribution is 0.0113. The second-order valence-electron chi connectivity index (χ2n) is 7.95. The Hall–Kier alpha value is -2.47. The number of aromatic nitrogens is 2. The fraction of sp³-hybridized carbons (Fsp3) is 0.476. The van der Waals surface area contributed by atoms with Gasteiger partial charge in [0.2, 0.25) is 5.56 Å². The molecule has 2 aromatic rings. The molecule has 2 saturated heterocycles. The number of hydrogen-bond acceptors (Lipinski definition) is 4. The Morgan fingerprint density at radius 2 is 2.04 bits per heavy atom. The molecule has 6 heteroatoms. The fourth-order valence-electron chi connectivity index (χ4n) is 4.67. The Balaban J connectivity index is 1.46. The molecule has 2 aliphatic heterocycles. The molecule has 1 amide bonds. The minimum Gasteiger partial charge on any atom is -0.338 e. The Morgan fingerprint density at radius 3 is 2.81 bits per heavy atom. The van der Waals surface area contributed by atoms with E-state index in [1.165, 1.54) is 11.6 Å². The highest BCUT2D eigenvalue weighted by molar-refractivity contribution is 5.94. The molecule has 1 atom stereocenters. The van der Waals surface area contributed by atoms with Crippen LogP contribution in [0.25, 0.3) is 0 Å². The van der Waals surface area contributed by atoms with Crippen LogP contribution in [-0.4, -0.2) is 51.9 Å². The average molecular weight is 366 g/mol. The number of aromatic amines is 1. The SMILES string of the molecule is O=C(c1cc[nH]c(=O)c1)N1CCCC2(CCCN(Cc3cccnc3)C2)C1. The van der Waals surface area contributed by atoms with Gasteiger partial charge in [0.05, 0.1) is 0 Å². The zero-order valence-electron chi connectivity index (χ0n) is 15.6. The normalized spacial score (nSPS) is 23.5. The van der Waals surface area contributed by atoms with E-state index in [9.17, 15) is 9.59 Å². The Bertz CT molecular complexity index is 847. The van der Waals surface area contributed by atoms with Gasteiger partial charge < -0.3 is 9.88 Å². The molecule has 142 valence electrons. The fourth-order valence-corrected chi connectivity index (χ4v) is 4.67. The summed E-state index contributed by atoms with van der Waals surface area (Å²) in [5.74, 6) is -0.0236. The van der Waals surface area contributed by atoms with Crippen molar-refractivity contribution < 1.29 is 4.79 Å². The van der Waals surface area contributed by atoms with Crippen LogP contribution in [0.3, 0.4) is 0 Å². The molecule has 6 nitrogen and oxygen atoms in total. The zero-order chi connectivity index (χ0) is 18.7. The second kappa shape index (κ2) is 7.64. The first-order valence-electron chi connectivity index (χ1n) is 9.73. The van der Waals surface area contributed by atoms with E-state index in [-0.39, 0.29) is 16.9 Å². The number of carbonyl (C=O) groups excluding carboxylic acids is 1. The molecular weight excluding hydrogens is 340 g/mol. The molecule has 0 radical (unpaired) electrons. The molecule has 0 aliphatic carbocycles. The summed E-state index contributed by atoms with van der Waals surface area (Å²) < 4.78 is 0. The van der Waals surface area contributed by atoms with Crippen molar-refractivity contribution >= 4 is 5.91 Å². The van der Waals surface area contributed by atoms with Gasteiger partial charge in [0.15, 0.2) is 0 Å². The molecule has 0 aromatic carbocycles. The summed E-state index contributed by atoms with van der Waals surface area (Å²) in [6.07, 6.45) is 9.80. The quantitative estimate of drug-likeness (QED) is 0.905. The summed E-state index contributed by atoms with van der Waals surface area (Å²) >= 11 is 0. The van der Waals surface area contributed by atoms with Gasteiger partial charge in [-0.3, -0.25) is 19.5 Å². The van der Waals surface area contributed by atoms with Gasteiger partial charge in [-0.05, 0) is 49.9 Å². The topological polar surface area (TPSA) is 69.3 Å². The van der Waals surface area contributed by atoms with Crippen molar-refractivity contribution in [1.29, 1.82) is 0 Å². The number of H-pyrrole nitrogens is 1. The van der Waals surface area contributed by atoms with Crippen LogP contribution in [0.15, 0.2) is 47.7 Å².